The van der Waals surface area contributed by atoms with Crippen LogP contribution in [0.2, 0.25) is 0 Å². The number of carbonyl (C=O) groups excluding carboxylic acids is 2. The van der Waals surface area contributed by atoms with Gasteiger partial charge in [0.1, 0.15) is 17.4 Å². The number of nitrogens with zero attached hydrogens (tertiary/aromatic N) is 3. The summed E-state index contributed by atoms with van der Waals surface area (Å²) in [6.07, 6.45) is 0. The molecule has 1 aromatic heterocycles. The molecule has 1 N–H and O–H groups in total. The molecule has 9 heteroatoms. The molecule has 0 aliphatic heterocycles. The highest BCUT2D eigenvalue weighted by atomic mass is 19.1. The van der Waals surface area contributed by atoms with Crippen LogP contribution in [-0.2, 0) is 16.3 Å². The zero-order valence-electron chi connectivity index (χ0n) is 15.8. The molecule has 0 unspecified atom stereocenters. The number of fused-ring (bicyclic) bond motifs is 1. The molecule has 3 rings (SSSR count). The van der Waals surface area contributed by atoms with Crippen molar-refractivity contribution in [2.75, 3.05) is 0 Å². The second-order valence-corrected chi connectivity index (χ2v) is 6.68. The SMILES string of the molecule is CC(C)[C@H](NC(=O)c1ccccc1F)C(=O)OCn1nnc2ccccc2c1=O. The van der Waals surface area contributed by atoms with E-state index in [1.165, 1.54) is 18.2 Å². The van der Waals surface area contributed by atoms with Gasteiger partial charge in [-0.2, -0.15) is 4.68 Å². The third-order valence-corrected chi connectivity index (χ3v) is 4.28. The van der Waals surface area contributed by atoms with Crippen molar-refractivity contribution in [3.8, 4) is 0 Å². The number of nitrogens with one attached hydrogen (secondary N) is 1. The Bertz CT molecular complexity index is 1110. The van der Waals surface area contributed by atoms with Crippen LogP contribution in [0.3, 0.4) is 0 Å². The number of ether oxygens (including phenoxy) is 1. The number of hydrogen-bond donors (Lipinski definition) is 1. The minimum absolute atomic E-state index is 0.178. The Morgan fingerprint density at radius 3 is 2.55 bits per heavy atom. The number of carbonyl (C=O) groups is 2. The van der Waals surface area contributed by atoms with Crippen molar-refractivity contribution in [3.63, 3.8) is 0 Å². The van der Waals surface area contributed by atoms with Gasteiger partial charge in [0.2, 0.25) is 0 Å². The summed E-state index contributed by atoms with van der Waals surface area (Å²) in [6.45, 7) is 2.94. The summed E-state index contributed by atoms with van der Waals surface area (Å²) in [5.41, 5.74) is -0.209. The average molecular weight is 398 g/mol. The Morgan fingerprint density at radius 2 is 1.83 bits per heavy atom. The van der Waals surface area contributed by atoms with Crippen molar-refractivity contribution >= 4 is 22.8 Å². The summed E-state index contributed by atoms with van der Waals surface area (Å²) >= 11 is 0. The first kappa shape index (κ1) is 20.1. The number of aromatic nitrogens is 3. The summed E-state index contributed by atoms with van der Waals surface area (Å²) in [5.74, 6) is -2.54. The lowest BCUT2D eigenvalue weighted by Crippen LogP contribution is -2.46. The third-order valence-electron chi connectivity index (χ3n) is 4.28. The lowest BCUT2D eigenvalue weighted by atomic mass is 10.0. The predicted molar refractivity (Wildman–Crippen MR) is 102 cm³/mol. The van der Waals surface area contributed by atoms with Gasteiger partial charge in [-0.15, -0.1) is 5.10 Å². The second kappa shape index (κ2) is 8.59. The molecule has 3 aromatic rings. The van der Waals surface area contributed by atoms with Crippen molar-refractivity contribution in [2.24, 2.45) is 5.92 Å². The highest BCUT2D eigenvalue weighted by Crippen LogP contribution is 2.10. The van der Waals surface area contributed by atoms with E-state index in [0.29, 0.717) is 10.9 Å². The molecule has 0 fully saturated rings. The van der Waals surface area contributed by atoms with Crippen LogP contribution in [0.4, 0.5) is 4.39 Å². The van der Waals surface area contributed by atoms with Crippen LogP contribution in [0.1, 0.15) is 24.2 Å². The van der Waals surface area contributed by atoms with Gasteiger partial charge in [0, 0.05) is 0 Å². The van der Waals surface area contributed by atoms with Gasteiger partial charge in [-0.3, -0.25) is 9.59 Å². The van der Waals surface area contributed by atoms with E-state index < -0.39 is 36.0 Å². The minimum Gasteiger partial charge on any atom is -0.441 e. The van der Waals surface area contributed by atoms with Crippen LogP contribution < -0.4 is 10.9 Å². The van der Waals surface area contributed by atoms with Crippen LogP contribution in [-0.4, -0.2) is 32.9 Å². The lowest BCUT2D eigenvalue weighted by Gasteiger charge is -2.21. The summed E-state index contributed by atoms with van der Waals surface area (Å²) in [7, 11) is 0. The standard InChI is InChI=1S/C20H19FN4O4/c1-12(2)17(22-18(26)13-7-3-5-9-15(13)21)20(28)29-11-25-19(27)14-8-4-6-10-16(14)23-24-25/h3-10,12,17H,11H2,1-2H3,(H,22,26)/t17-/m0/s1. The Kier molecular flexibility index (Phi) is 5.96. The number of benzene rings is 2. The van der Waals surface area contributed by atoms with Gasteiger partial charge in [0.15, 0.2) is 6.73 Å². The molecule has 0 spiro atoms. The zero-order valence-corrected chi connectivity index (χ0v) is 15.8. The lowest BCUT2D eigenvalue weighted by molar-refractivity contribution is -0.151. The van der Waals surface area contributed by atoms with E-state index in [1.807, 2.05) is 0 Å². The highest BCUT2D eigenvalue weighted by Gasteiger charge is 2.27. The molecule has 1 amide bonds. The number of rotatable bonds is 6. The first-order valence-electron chi connectivity index (χ1n) is 8.93. The van der Waals surface area contributed by atoms with Gasteiger partial charge in [-0.25, -0.2) is 9.18 Å². The fourth-order valence-corrected chi connectivity index (χ4v) is 2.68. The van der Waals surface area contributed by atoms with E-state index in [1.54, 1.807) is 38.1 Å². The van der Waals surface area contributed by atoms with Gasteiger partial charge in [-0.05, 0) is 30.2 Å². The normalized spacial score (nSPS) is 12.0. The highest BCUT2D eigenvalue weighted by molar-refractivity contribution is 5.97. The fourth-order valence-electron chi connectivity index (χ4n) is 2.68. The third kappa shape index (κ3) is 4.45. The van der Waals surface area contributed by atoms with Crippen LogP contribution >= 0.6 is 0 Å². The van der Waals surface area contributed by atoms with E-state index in [-0.39, 0.29) is 11.5 Å². The second-order valence-electron chi connectivity index (χ2n) is 6.68. The zero-order chi connectivity index (χ0) is 21.0. The molecular weight excluding hydrogens is 379 g/mol. The van der Waals surface area contributed by atoms with E-state index in [2.05, 4.69) is 15.6 Å². The molecule has 29 heavy (non-hydrogen) atoms. The minimum atomic E-state index is -1.04. The van der Waals surface area contributed by atoms with Gasteiger partial charge in [-0.1, -0.05) is 43.3 Å². The number of esters is 1. The largest absolute Gasteiger partial charge is 0.441 e. The first-order valence-corrected chi connectivity index (χ1v) is 8.93. The van der Waals surface area contributed by atoms with Gasteiger partial charge in [0.25, 0.3) is 11.5 Å². The maximum absolute atomic E-state index is 13.8. The molecular formula is C20H19FN4O4. The van der Waals surface area contributed by atoms with Crippen LogP contribution in [0.5, 0.6) is 0 Å². The molecule has 8 nitrogen and oxygen atoms in total. The summed E-state index contributed by atoms with van der Waals surface area (Å²) in [6, 6.07) is 11.1. The van der Waals surface area contributed by atoms with Gasteiger partial charge in [0.05, 0.1) is 10.9 Å². The molecule has 1 heterocycles. The maximum Gasteiger partial charge on any atom is 0.330 e. The van der Waals surface area contributed by atoms with Crippen LogP contribution in [0, 0.1) is 11.7 Å². The maximum atomic E-state index is 13.8. The Labute approximate surface area is 165 Å². The summed E-state index contributed by atoms with van der Waals surface area (Å²) in [5, 5.41) is 10.5. The Morgan fingerprint density at radius 1 is 1.14 bits per heavy atom. The monoisotopic (exact) mass is 398 g/mol. The van der Waals surface area contributed by atoms with Crippen molar-refractivity contribution in [1.82, 2.24) is 20.3 Å². The molecule has 2 aromatic carbocycles. The van der Waals surface area contributed by atoms with Gasteiger partial charge >= 0.3 is 5.97 Å². The van der Waals surface area contributed by atoms with Crippen molar-refractivity contribution in [1.29, 1.82) is 0 Å². The van der Waals surface area contributed by atoms with Crippen molar-refractivity contribution in [2.45, 2.75) is 26.6 Å². The predicted octanol–water partition coefficient (Wildman–Crippen LogP) is 1.89. The molecule has 0 aliphatic carbocycles. The van der Waals surface area contributed by atoms with E-state index >= 15 is 0 Å². The van der Waals surface area contributed by atoms with E-state index in [4.69, 9.17) is 4.74 Å². The molecule has 0 saturated heterocycles. The molecule has 1 atom stereocenters. The fraction of sp³-hybridized carbons (Fsp3) is 0.250. The molecule has 0 saturated carbocycles. The average Bonchev–Trinajstić information content (AvgIpc) is 2.71. The number of halogens is 1. The molecule has 0 bridgehead atoms. The first-order chi connectivity index (χ1) is 13.9. The van der Waals surface area contributed by atoms with Crippen molar-refractivity contribution < 1.29 is 18.7 Å². The number of hydrogen-bond acceptors (Lipinski definition) is 6. The quantitative estimate of drug-likeness (QED) is 0.636. The van der Waals surface area contributed by atoms with Gasteiger partial charge < -0.3 is 10.1 Å². The topological polar surface area (TPSA) is 103 Å². The smallest absolute Gasteiger partial charge is 0.330 e. The summed E-state index contributed by atoms with van der Waals surface area (Å²) < 4.78 is 19.9. The van der Waals surface area contributed by atoms with Crippen LogP contribution in [0.25, 0.3) is 10.9 Å². The van der Waals surface area contributed by atoms with E-state index in [9.17, 15) is 18.8 Å². The molecule has 0 aliphatic rings. The number of amides is 1. The molecule has 150 valence electrons. The molecule has 0 radical (unpaired) electrons. The Balaban J connectivity index is 1.72. The van der Waals surface area contributed by atoms with Crippen LogP contribution in [0.15, 0.2) is 53.3 Å². The van der Waals surface area contributed by atoms with E-state index in [0.717, 1.165) is 10.7 Å². The Hall–Kier alpha value is -3.62. The van der Waals surface area contributed by atoms with Crippen molar-refractivity contribution in [3.05, 3.63) is 70.3 Å². The summed E-state index contributed by atoms with van der Waals surface area (Å²) in [4.78, 5) is 37.2.